The summed E-state index contributed by atoms with van der Waals surface area (Å²) in [4.78, 5) is 4.64. The number of phenols is 3. The van der Waals surface area contributed by atoms with Crippen LogP contribution in [0.1, 0.15) is 36.5 Å². The fourth-order valence-corrected chi connectivity index (χ4v) is 3.15. The van der Waals surface area contributed by atoms with Crippen molar-refractivity contribution in [3.63, 3.8) is 0 Å². The molecule has 0 aromatic heterocycles. The number of unbranched alkanes of at least 4 members (excludes halogenated alkanes) is 1. The highest BCUT2D eigenvalue weighted by Crippen LogP contribution is 2.43. The van der Waals surface area contributed by atoms with E-state index in [1.165, 1.54) is 19.2 Å². The molecule has 0 spiro atoms. The van der Waals surface area contributed by atoms with E-state index in [2.05, 4.69) is 4.99 Å². The van der Waals surface area contributed by atoms with E-state index in [4.69, 9.17) is 15.2 Å². The lowest BCUT2D eigenvalue weighted by Gasteiger charge is -2.28. The van der Waals surface area contributed by atoms with Gasteiger partial charge in [0, 0.05) is 25.1 Å². The highest BCUT2D eigenvalue weighted by atomic mass is 16.5. The van der Waals surface area contributed by atoms with E-state index in [1.54, 1.807) is 12.1 Å². The Labute approximate surface area is 157 Å². The maximum atomic E-state index is 10.3. The van der Waals surface area contributed by atoms with Gasteiger partial charge in [-0.15, -0.1) is 0 Å². The zero-order valence-corrected chi connectivity index (χ0v) is 15.2. The van der Waals surface area contributed by atoms with Gasteiger partial charge in [-0.2, -0.15) is 0 Å². The molecule has 0 saturated heterocycles. The molecule has 1 unspecified atom stereocenters. The van der Waals surface area contributed by atoms with Crippen LogP contribution in [0.2, 0.25) is 0 Å². The van der Waals surface area contributed by atoms with E-state index in [0.717, 1.165) is 18.4 Å². The fourth-order valence-electron chi connectivity index (χ4n) is 3.15. The summed E-state index contributed by atoms with van der Waals surface area (Å²) in [6, 6.07) is 7.80. The zero-order valence-electron chi connectivity index (χ0n) is 15.2. The lowest BCUT2D eigenvalue weighted by Crippen LogP contribution is -2.21. The van der Waals surface area contributed by atoms with Crippen molar-refractivity contribution in [2.45, 2.75) is 25.4 Å². The lowest BCUT2D eigenvalue weighted by molar-refractivity contribution is 0.203. The second-order valence-corrected chi connectivity index (χ2v) is 6.40. The van der Waals surface area contributed by atoms with E-state index in [-0.39, 0.29) is 17.2 Å². The Kier molecular flexibility index (Phi) is 5.71. The van der Waals surface area contributed by atoms with Crippen LogP contribution < -0.4 is 15.2 Å². The Hall–Kier alpha value is -2.93. The molecule has 0 bridgehead atoms. The molecule has 1 heterocycles. The maximum Gasteiger partial charge on any atom is 0.160 e. The molecule has 2 aromatic carbocycles. The average Bonchev–Trinajstić information content (AvgIpc) is 2.64. The van der Waals surface area contributed by atoms with Crippen molar-refractivity contribution < 1.29 is 24.8 Å². The zero-order chi connectivity index (χ0) is 19.4. The molecule has 0 fully saturated rings. The third kappa shape index (κ3) is 4.09. The van der Waals surface area contributed by atoms with Crippen LogP contribution in [0.15, 0.2) is 35.3 Å². The molecule has 7 nitrogen and oxygen atoms in total. The quantitative estimate of drug-likeness (QED) is 0.579. The van der Waals surface area contributed by atoms with Gasteiger partial charge in [-0.1, -0.05) is 6.07 Å². The van der Waals surface area contributed by atoms with Gasteiger partial charge in [-0.25, -0.2) is 0 Å². The van der Waals surface area contributed by atoms with Gasteiger partial charge in [0.25, 0.3) is 0 Å². The molecule has 144 valence electrons. The van der Waals surface area contributed by atoms with Crippen LogP contribution >= 0.6 is 0 Å². The van der Waals surface area contributed by atoms with Crippen molar-refractivity contribution in [1.82, 2.24) is 0 Å². The van der Waals surface area contributed by atoms with E-state index in [9.17, 15) is 15.3 Å². The van der Waals surface area contributed by atoms with Crippen LogP contribution in [-0.4, -0.2) is 41.2 Å². The molecule has 0 radical (unpaired) electrons. The number of nitrogens with zero attached hydrogens (tertiary/aromatic N) is 1. The van der Waals surface area contributed by atoms with Gasteiger partial charge in [0.2, 0.25) is 0 Å². The molecule has 1 atom stereocenters. The number of phenolic OH excluding ortho intramolecular Hbond substituents is 3. The minimum Gasteiger partial charge on any atom is -0.508 e. The number of fused-ring (bicyclic) bond motifs is 1. The van der Waals surface area contributed by atoms with Crippen molar-refractivity contribution in [1.29, 1.82) is 0 Å². The number of aliphatic imine (C=N–C) groups is 1. The summed E-state index contributed by atoms with van der Waals surface area (Å²) in [7, 11) is 1.49. The van der Waals surface area contributed by atoms with Crippen molar-refractivity contribution in [2.24, 2.45) is 10.7 Å². The Morgan fingerprint density at radius 1 is 1.15 bits per heavy atom. The van der Waals surface area contributed by atoms with E-state index in [1.807, 2.05) is 6.07 Å². The third-order valence-corrected chi connectivity index (χ3v) is 4.49. The summed E-state index contributed by atoms with van der Waals surface area (Å²) in [5, 5.41) is 30.2. The third-order valence-electron chi connectivity index (χ3n) is 4.49. The van der Waals surface area contributed by atoms with Crippen LogP contribution in [0, 0.1) is 0 Å². The summed E-state index contributed by atoms with van der Waals surface area (Å²) < 4.78 is 11.1. The van der Waals surface area contributed by atoms with E-state index in [0.29, 0.717) is 42.3 Å². The number of hydrogen-bond donors (Lipinski definition) is 4. The van der Waals surface area contributed by atoms with Crippen molar-refractivity contribution in [3.8, 4) is 28.7 Å². The van der Waals surface area contributed by atoms with Gasteiger partial charge >= 0.3 is 0 Å². The van der Waals surface area contributed by atoms with E-state index < -0.39 is 6.10 Å². The normalized spacial score (nSPS) is 17.4. The first kappa shape index (κ1) is 18.8. The topological polar surface area (TPSA) is 118 Å². The first-order valence-corrected chi connectivity index (χ1v) is 8.86. The summed E-state index contributed by atoms with van der Waals surface area (Å²) in [6.07, 6.45) is 1.74. The predicted molar refractivity (Wildman–Crippen MR) is 102 cm³/mol. The minimum atomic E-state index is -0.413. The fraction of sp³-hybridized carbons (Fsp3) is 0.350. The standard InChI is InChI=1S/C20H24N2O5/c1-26-17-5-4-12(8-15(17)24)18-11-14(22-7-3-2-6-21)20-16(25)9-13(23)10-19(20)27-18/h4-5,8-10,18,23-25H,2-3,6-7,11,21H2,1H3. The lowest BCUT2D eigenvalue weighted by atomic mass is 9.94. The Morgan fingerprint density at radius 3 is 2.67 bits per heavy atom. The number of hydrogen-bond acceptors (Lipinski definition) is 7. The smallest absolute Gasteiger partial charge is 0.160 e. The van der Waals surface area contributed by atoms with Gasteiger partial charge in [0.05, 0.1) is 18.4 Å². The van der Waals surface area contributed by atoms with Crippen LogP contribution in [-0.2, 0) is 0 Å². The van der Waals surface area contributed by atoms with Crippen LogP contribution in [0.4, 0.5) is 0 Å². The van der Waals surface area contributed by atoms with Crippen molar-refractivity contribution in [2.75, 3.05) is 20.2 Å². The SMILES string of the molecule is COc1ccc(C2CC(=NCCCCN)c3c(O)cc(O)cc3O2)cc1O. The van der Waals surface area contributed by atoms with Gasteiger partial charge in [-0.05, 0) is 37.1 Å². The summed E-state index contributed by atoms with van der Waals surface area (Å²) in [5.41, 5.74) is 7.47. The molecule has 2 aromatic rings. The summed E-state index contributed by atoms with van der Waals surface area (Å²) in [5.74, 6) is 0.590. The van der Waals surface area contributed by atoms with Gasteiger partial charge in [-0.3, -0.25) is 4.99 Å². The first-order valence-electron chi connectivity index (χ1n) is 8.86. The molecule has 0 amide bonds. The second-order valence-electron chi connectivity index (χ2n) is 6.40. The highest BCUT2D eigenvalue weighted by Gasteiger charge is 2.29. The molecule has 7 heteroatoms. The van der Waals surface area contributed by atoms with E-state index >= 15 is 0 Å². The molecule has 0 aliphatic carbocycles. The van der Waals surface area contributed by atoms with Crippen LogP contribution in [0.25, 0.3) is 0 Å². The predicted octanol–water partition coefficient (Wildman–Crippen LogP) is 2.86. The minimum absolute atomic E-state index is 0.0181. The van der Waals surface area contributed by atoms with Crippen molar-refractivity contribution in [3.05, 3.63) is 41.5 Å². The number of aromatic hydroxyl groups is 3. The van der Waals surface area contributed by atoms with Crippen LogP contribution in [0.3, 0.4) is 0 Å². The Bertz CT molecular complexity index is 851. The second kappa shape index (κ2) is 8.18. The molecule has 5 N–H and O–H groups in total. The number of rotatable bonds is 6. The Balaban J connectivity index is 1.96. The Morgan fingerprint density at radius 2 is 1.96 bits per heavy atom. The molecular formula is C20H24N2O5. The summed E-state index contributed by atoms with van der Waals surface area (Å²) >= 11 is 0. The summed E-state index contributed by atoms with van der Waals surface area (Å²) in [6.45, 7) is 1.20. The first-order chi connectivity index (χ1) is 13.0. The molecule has 0 saturated carbocycles. The largest absolute Gasteiger partial charge is 0.508 e. The van der Waals surface area contributed by atoms with Gasteiger partial charge < -0.3 is 30.5 Å². The number of nitrogens with two attached hydrogens (primary N) is 1. The van der Waals surface area contributed by atoms with Crippen LogP contribution in [0.5, 0.6) is 28.7 Å². The molecule has 1 aliphatic heterocycles. The van der Waals surface area contributed by atoms with Gasteiger partial charge in [0.15, 0.2) is 11.5 Å². The van der Waals surface area contributed by atoms with Gasteiger partial charge in [0.1, 0.15) is 23.4 Å². The molecule has 1 aliphatic rings. The number of benzene rings is 2. The molecular weight excluding hydrogens is 348 g/mol. The average molecular weight is 372 g/mol. The highest BCUT2D eigenvalue weighted by molar-refractivity contribution is 6.06. The molecule has 3 rings (SSSR count). The number of methoxy groups -OCH3 is 1. The number of ether oxygens (including phenoxy) is 2. The maximum absolute atomic E-state index is 10.3. The van der Waals surface area contributed by atoms with Crippen molar-refractivity contribution >= 4 is 5.71 Å². The monoisotopic (exact) mass is 372 g/mol. The molecule has 27 heavy (non-hydrogen) atoms.